The number of nitrogens with one attached hydrogen (secondary N) is 1. The lowest BCUT2D eigenvalue weighted by atomic mass is 9.83. The van der Waals surface area contributed by atoms with Crippen LogP contribution in [-0.2, 0) is 14.3 Å². The number of unbranched alkanes of at least 4 members (excludes halogenated alkanes) is 3. The van der Waals surface area contributed by atoms with E-state index in [1.807, 2.05) is 6.92 Å². The largest absolute Gasteiger partial charge is 0.388 e. The summed E-state index contributed by atoms with van der Waals surface area (Å²) in [5.74, 6) is -0.561. The maximum atomic E-state index is 12.3. The van der Waals surface area contributed by atoms with Crippen LogP contribution in [0, 0.1) is 5.92 Å². The lowest BCUT2D eigenvalue weighted by Crippen LogP contribution is -2.52. The molecule has 0 aromatic heterocycles. The van der Waals surface area contributed by atoms with E-state index in [-0.39, 0.29) is 11.5 Å². The quantitative estimate of drug-likeness (QED) is 0.205. The zero-order chi connectivity index (χ0) is 23.2. The number of carbonyl (C=O) groups is 2. The van der Waals surface area contributed by atoms with Gasteiger partial charge < -0.3 is 20.3 Å². The van der Waals surface area contributed by atoms with Gasteiger partial charge in [0.05, 0.1) is 11.1 Å². The summed E-state index contributed by atoms with van der Waals surface area (Å²) in [4.78, 5) is 24.2. The van der Waals surface area contributed by atoms with E-state index < -0.39 is 41.1 Å². The molecule has 1 aliphatic heterocycles. The van der Waals surface area contributed by atoms with Gasteiger partial charge in [-0.3, -0.25) is 9.59 Å². The number of halogens is 2. The molecule has 0 saturated carbocycles. The summed E-state index contributed by atoms with van der Waals surface area (Å²) in [5.41, 5.74) is -0.444. The Balaban J connectivity index is 1.92. The molecular formula is C23H33Cl2NO5. The maximum absolute atomic E-state index is 12.3. The van der Waals surface area contributed by atoms with E-state index in [2.05, 4.69) is 25.2 Å². The number of aliphatic hydroxyl groups is 2. The highest BCUT2D eigenvalue weighted by Crippen LogP contribution is 2.41. The minimum Gasteiger partial charge on any atom is -0.388 e. The summed E-state index contributed by atoms with van der Waals surface area (Å²) >= 11 is 11.9. The lowest BCUT2D eigenvalue weighted by molar-refractivity contribution is -0.164. The van der Waals surface area contributed by atoms with Gasteiger partial charge in [-0.1, -0.05) is 68.9 Å². The molecule has 6 nitrogen and oxygen atoms in total. The Morgan fingerprint density at radius 1 is 1.35 bits per heavy atom. The van der Waals surface area contributed by atoms with Crippen LogP contribution in [0.2, 0.25) is 0 Å². The van der Waals surface area contributed by atoms with Crippen LogP contribution in [0.3, 0.4) is 0 Å². The fourth-order valence-electron chi connectivity index (χ4n) is 4.02. The minimum atomic E-state index is -1.43. The zero-order valence-corrected chi connectivity index (χ0v) is 19.8. The highest BCUT2D eigenvalue weighted by atomic mass is 35.5. The summed E-state index contributed by atoms with van der Waals surface area (Å²) in [6.07, 6.45) is 9.85. The van der Waals surface area contributed by atoms with Crippen LogP contribution in [0.15, 0.2) is 34.9 Å². The number of aliphatic hydroxyl groups excluding tert-OH is 2. The van der Waals surface area contributed by atoms with Gasteiger partial charge in [-0.2, -0.15) is 0 Å². The fraction of sp³-hybridized carbons (Fsp3) is 0.652. The Morgan fingerprint density at radius 3 is 2.74 bits per heavy atom. The van der Waals surface area contributed by atoms with Crippen LogP contribution in [0.1, 0.15) is 59.3 Å². The maximum Gasteiger partial charge on any atom is 0.244 e. The van der Waals surface area contributed by atoms with Crippen molar-refractivity contribution in [1.29, 1.82) is 0 Å². The van der Waals surface area contributed by atoms with E-state index >= 15 is 0 Å². The van der Waals surface area contributed by atoms with Crippen LogP contribution in [0.4, 0.5) is 0 Å². The Kier molecular flexibility index (Phi) is 9.77. The molecule has 0 radical (unpaired) electrons. The van der Waals surface area contributed by atoms with E-state index in [9.17, 15) is 19.8 Å². The summed E-state index contributed by atoms with van der Waals surface area (Å²) in [6.45, 7) is 6.30. The van der Waals surface area contributed by atoms with Crippen LogP contribution in [0.5, 0.6) is 0 Å². The molecule has 1 spiro atoms. The molecule has 0 bridgehead atoms. The van der Waals surface area contributed by atoms with Crippen molar-refractivity contribution in [3.63, 3.8) is 0 Å². The van der Waals surface area contributed by atoms with Crippen molar-refractivity contribution in [2.24, 2.45) is 5.92 Å². The van der Waals surface area contributed by atoms with Gasteiger partial charge >= 0.3 is 0 Å². The van der Waals surface area contributed by atoms with Crippen LogP contribution in [0.25, 0.3) is 0 Å². The lowest BCUT2D eigenvalue weighted by Gasteiger charge is -2.36. The van der Waals surface area contributed by atoms with E-state index in [4.69, 9.17) is 27.9 Å². The number of ketones is 1. The van der Waals surface area contributed by atoms with E-state index in [1.54, 1.807) is 6.08 Å². The molecule has 31 heavy (non-hydrogen) atoms. The van der Waals surface area contributed by atoms with Crippen LogP contribution >= 0.6 is 23.2 Å². The molecule has 2 rings (SSSR count). The second-order valence-corrected chi connectivity index (χ2v) is 9.43. The third-order valence-corrected chi connectivity index (χ3v) is 6.48. The van der Waals surface area contributed by atoms with Gasteiger partial charge in [-0.05, 0) is 25.3 Å². The number of amides is 1. The van der Waals surface area contributed by atoms with E-state index in [0.717, 1.165) is 12.0 Å². The standard InChI is InChI=1S/C23H33Cl2NO5/c1-4-5-6-7-8-14(2)11-15(3)9-10-18(27)26-17-13-23(31-22(17)30)12-16(24)20(28)19(25)21(23)29/h9-12,14,17,19,21-22,29-30H,4-8,13H2,1-3H3,(H,26,27)/b10-9+,15-11+/t14?,17-,19-,21+,22?,23-/m0/s1. The van der Waals surface area contributed by atoms with Crippen molar-refractivity contribution in [1.82, 2.24) is 5.32 Å². The zero-order valence-electron chi connectivity index (χ0n) is 18.3. The van der Waals surface area contributed by atoms with Gasteiger partial charge in [-0.25, -0.2) is 0 Å². The molecule has 1 saturated heterocycles. The molecule has 0 aromatic rings. The summed E-state index contributed by atoms with van der Waals surface area (Å²) in [7, 11) is 0. The molecule has 174 valence electrons. The molecule has 1 heterocycles. The molecule has 8 heteroatoms. The molecule has 1 amide bonds. The molecule has 1 aliphatic carbocycles. The Bertz CT molecular complexity index is 750. The molecule has 3 N–H and O–H groups in total. The number of carbonyl (C=O) groups excluding carboxylic acids is 2. The van der Waals surface area contributed by atoms with E-state index in [1.165, 1.54) is 37.8 Å². The van der Waals surface area contributed by atoms with Gasteiger partial charge in [-0.15, -0.1) is 11.6 Å². The average molecular weight is 474 g/mol. The number of rotatable bonds is 9. The molecule has 2 unspecified atom stereocenters. The van der Waals surface area contributed by atoms with Gasteiger partial charge in [0.1, 0.15) is 17.1 Å². The van der Waals surface area contributed by atoms with E-state index in [0.29, 0.717) is 5.92 Å². The predicted molar refractivity (Wildman–Crippen MR) is 122 cm³/mol. The summed E-state index contributed by atoms with van der Waals surface area (Å²) in [6, 6.07) is -0.786. The normalized spacial score (nSPS) is 32.5. The molecule has 1 fully saturated rings. The summed E-state index contributed by atoms with van der Waals surface area (Å²) in [5, 5.41) is 21.9. The van der Waals surface area contributed by atoms with Crippen LogP contribution in [-0.4, -0.2) is 51.3 Å². The highest BCUT2D eigenvalue weighted by molar-refractivity contribution is 6.49. The average Bonchev–Trinajstić information content (AvgIpc) is 3.02. The topological polar surface area (TPSA) is 95.9 Å². The van der Waals surface area contributed by atoms with Crippen molar-refractivity contribution < 1.29 is 24.5 Å². The van der Waals surface area contributed by atoms with Gasteiger partial charge in [0.2, 0.25) is 5.91 Å². The van der Waals surface area contributed by atoms with Crippen molar-refractivity contribution in [3.05, 3.63) is 34.9 Å². The van der Waals surface area contributed by atoms with Crippen molar-refractivity contribution >= 4 is 34.9 Å². The summed E-state index contributed by atoms with van der Waals surface area (Å²) < 4.78 is 5.50. The molecule has 0 aromatic carbocycles. The third-order valence-electron chi connectivity index (χ3n) is 5.74. The molecular weight excluding hydrogens is 441 g/mol. The smallest absolute Gasteiger partial charge is 0.244 e. The van der Waals surface area contributed by atoms with Crippen molar-refractivity contribution in [3.8, 4) is 0 Å². The SMILES string of the molecule is CCCCCCC(C)/C=C(C)/C=C/C(=O)N[C@H]1C[C@]2(C=C(Cl)C(=O)[C@H](Cl)[C@H]2O)OC1O. The van der Waals surface area contributed by atoms with Gasteiger partial charge in [0, 0.05) is 12.5 Å². The minimum absolute atomic E-state index is 0.0330. The second-order valence-electron chi connectivity index (χ2n) is 8.56. The first kappa shape index (κ1) is 26.1. The van der Waals surface area contributed by atoms with Crippen LogP contribution < -0.4 is 5.32 Å². The van der Waals surface area contributed by atoms with Gasteiger partial charge in [0.15, 0.2) is 12.1 Å². The first-order valence-electron chi connectivity index (χ1n) is 10.9. The number of Topliss-reactive ketones (excluding diaryl/α,β-unsaturated/α-hetero) is 1. The number of hydrogen-bond donors (Lipinski definition) is 3. The first-order chi connectivity index (χ1) is 14.6. The Hall–Kier alpha value is -1.18. The fourth-order valence-corrected chi connectivity index (χ4v) is 4.71. The highest BCUT2D eigenvalue weighted by Gasteiger charge is 2.55. The number of ether oxygens (including phenoxy) is 1. The number of alkyl halides is 1. The van der Waals surface area contributed by atoms with Crippen molar-refractivity contribution in [2.45, 2.75) is 88.7 Å². The predicted octanol–water partition coefficient (Wildman–Crippen LogP) is 3.73. The number of hydrogen-bond acceptors (Lipinski definition) is 5. The monoisotopic (exact) mass is 473 g/mol. The molecule has 2 aliphatic rings. The number of allylic oxidation sites excluding steroid dienone is 4. The van der Waals surface area contributed by atoms with Gasteiger partial charge in [0.25, 0.3) is 0 Å². The molecule has 6 atom stereocenters. The second kappa shape index (κ2) is 11.6. The Morgan fingerprint density at radius 2 is 2.06 bits per heavy atom. The Labute approximate surface area is 194 Å². The third kappa shape index (κ3) is 6.90. The van der Waals surface area contributed by atoms with Crippen molar-refractivity contribution in [2.75, 3.05) is 0 Å². The first-order valence-corrected chi connectivity index (χ1v) is 11.7.